The predicted octanol–water partition coefficient (Wildman–Crippen LogP) is 0.660. The Morgan fingerprint density at radius 2 is 2.32 bits per heavy atom. The van der Waals surface area contributed by atoms with Crippen LogP contribution >= 0.6 is 0 Å². The number of nitrogens with one attached hydrogen (secondary N) is 3. The first-order valence-electron chi connectivity index (χ1n) is 6.60. The number of aromatic amines is 1. The van der Waals surface area contributed by atoms with E-state index in [0.29, 0.717) is 18.8 Å². The molecule has 0 aromatic carbocycles. The third-order valence-electron chi connectivity index (χ3n) is 3.03. The first kappa shape index (κ1) is 14.0. The summed E-state index contributed by atoms with van der Waals surface area (Å²) >= 11 is 0. The summed E-state index contributed by atoms with van der Waals surface area (Å²) in [6.07, 6.45) is 0.882. The van der Waals surface area contributed by atoms with Crippen LogP contribution in [0, 0.1) is 5.41 Å². The molecule has 1 fully saturated rings. The van der Waals surface area contributed by atoms with Crippen LogP contribution in [0.2, 0.25) is 0 Å². The highest BCUT2D eigenvalue weighted by Crippen LogP contribution is 2.20. The molecule has 0 radical (unpaired) electrons. The zero-order chi connectivity index (χ0) is 14.0. The van der Waals surface area contributed by atoms with Gasteiger partial charge in [0.25, 0.3) is 0 Å². The first-order valence-corrected chi connectivity index (χ1v) is 6.60. The van der Waals surface area contributed by atoms with Crippen molar-refractivity contribution in [2.45, 2.75) is 45.8 Å². The Morgan fingerprint density at radius 3 is 2.89 bits per heavy atom. The lowest BCUT2D eigenvalue weighted by Gasteiger charge is -2.15. The zero-order valence-corrected chi connectivity index (χ0v) is 11.7. The smallest absolute Gasteiger partial charge is 0.242 e. The van der Waals surface area contributed by atoms with Gasteiger partial charge in [-0.3, -0.25) is 9.89 Å². The van der Waals surface area contributed by atoms with Crippen molar-refractivity contribution in [3.8, 4) is 0 Å². The van der Waals surface area contributed by atoms with Crippen LogP contribution in [0.1, 0.15) is 32.9 Å². The van der Waals surface area contributed by atoms with E-state index in [9.17, 15) is 9.90 Å². The molecule has 1 saturated heterocycles. The summed E-state index contributed by atoms with van der Waals surface area (Å²) in [5.41, 5.74) is 1.17. The van der Waals surface area contributed by atoms with Gasteiger partial charge in [-0.25, -0.2) is 0 Å². The number of amides is 1. The molecule has 2 heterocycles. The monoisotopic (exact) mass is 266 g/mol. The lowest BCUT2D eigenvalue weighted by molar-refractivity contribution is -0.118. The number of carbonyl (C=O) groups excluding carboxylic acids is 1. The van der Waals surface area contributed by atoms with Crippen molar-refractivity contribution < 1.29 is 9.90 Å². The molecule has 106 valence electrons. The highest BCUT2D eigenvalue weighted by molar-refractivity contribution is 5.94. The van der Waals surface area contributed by atoms with Crippen LogP contribution in [0.15, 0.2) is 6.07 Å². The van der Waals surface area contributed by atoms with Crippen LogP contribution in [-0.4, -0.2) is 39.9 Å². The Balaban J connectivity index is 1.91. The van der Waals surface area contributed by atoms with Crippen LogP contribution in [0.25, 0.3) is 0 Å². The molecule has 1 aliphatic heterocycles. The van der Waals surface area contributed by atoms with Gasteiger partial charge in [-0.15, -0.1) is 0 Å². The van der Waals surface area contributed by atoms with E-state index in [-0.39, 0.29) is 17.4 Å². The summed E-state index contributed by atoms with van der Waals surface area (Å²) in [6.45, 7) is 6.91. The van der Waals surface area contributed by atoms with Crippen molar-refractivity contribution in [3.63, 3.8) is 0 Å². The molecular formula is C13H22N4O2. The van der Waals surface area contributed by atoms with Crippen LogP contribution in [-0.2, 0) is 11.2 Å². The molecule has 1 amide bonds. The van der Waals surface area contributed by atoms with E-state index in [2.05, 4.69) is 41.6 Å². The standard InChI is InChI=1S/C13H22N4O2/c1-13(2,3)6-8-4-11(17-16-8)15-12(19)10-5-9(18)7-14-10/h4,9-10,14,18H,5-7H2,1-3H3,(H2,15,16,17,19). The molecule has 0 bridgehead atoms. The maximum atomic E-state index is 11.9. The zero-order valence-electron chi connectivity index (χ0n) is 11.7. The van der Waals surface area contributed by atoms with Crippen LogP contribution in [0.3, 0.4) is 0 Å². The molecule has 4 N–H and O–H groups in total. The van der Waals surface area contributed by atoms with Crippen molar-refractivity contribution >= 4 is 11.7 Å². The van der Waals surface area contributed by atoms with Crippen molar-refractivity contribution in [2.24, 2.45) is 5.41 Å². The number of rotatable bonds is 3. The van der Waals surface area contributed by atoms with Gasteiger partial charge in [0.15, 0.2) is 5.82 Å². The van der Waals surface area contributed by atoms with Crippen molar-refractivity contribution in [1.29, 1.82) is 0 Å². The fourth-order valence-corrected chi connectivity index (χ4v) is 2.22. The molecule has 19 heavy (non-hydrogen) atoms. The van der Waals surface area contributed by atoms with E-state index in [1.807, 2.05) is 6.07 Å². The molecule has 2 rings (SSSR count). The third kappa shape index (κ3) is 4.04. The number of β-amino-alcohol motifs (C(OH)–C–C–N with tert-alkyl or cyclic N) is 1. The molecule has 0 spiro atoms. The summed E-state index contributed by atoms with van der Waals surface area (Å²) in [5, 5.41) is 22.1. The molecule has 6 nitrogen and oxygen atoms in total. The quantitative estimate of drug-likeness (QED) is 0.647. The summed E-state index contributed by atoms with van der Waals surface area (Å²) < 4.78 is 0. The second kappa shape index (κ2) is 5.30. The van der Waals surface area contributed by atoms with Crippen LogP contribution in [0.4, 0.5) is 5.82 Å². The number of aliphatic hydroxyl groups excluding tert-OH is 1. The molecule has 6 heteroatoms. The lowest BCUT2D eigenvalue weighted by Crippen LogP contribution is -2.35. The molecule has 2 unspecified atom stereocenters. The number of hydrogen-bond donors (Lipinski definition) is 4. The SMILES string of the molecule is CC(C)(C)Cc1cc(NC(=O)C2CC(O)CN2)n[nH]1. The van der Waals surface area contributed by atoms with Crippen molar-refractivity contribution in [1.82, 2.24) is 15.5 Å². The number of H-pyrrole nitrogens is 1. The van der Waals surface area contributed by atoms with Gasteiger partial charge in [-0.2, -0.15) is 5.10 Å². The molecular weight excluding hydrogens is 244 g/mol. The van der Waals surface area contributed by atoms with Gasteiger partial charge in [0.1, 0.15) is 0 Å². The van der Waals surface area contributed by atoms with E-state index in [1.54, 1.807) is 0 Å². The number of anilines is 1. The lowest BCUT2D eigenvalue weighted by atomic mass is 9.91. The van der Waals surface area contributed by atoms with Gasteiger partial charge in [-0.1, -0.05) is 20.8 Å². The molecule has 1 aromatic heterocycles. The van der Waals surface area contributed by atoms with Gasteiger partial charge < -0.3 is 15.7 Å². The Hall–Kier alpha value is -1.40. The summed E-state index contributed by atoms with van der Waals surface area (Å²) in [7, 11) is 0. The van der Waals surface area contributed by atoms with Crippen LogP contribution < -0.4 is 10.6 Å². The Labute approximate surface area is 113 Å². The van der Waals surface area contributed by atoms with Crippen LogP contribution in [0.5, 0.6) is 0 Å². The van der Waals surface area contributed by atoms with Gasteiger partial charge in [-0.05, 0) is 18.3 Å². The Bertz CT molecular complexity index is 450. The van der Waals surface area contributed by atoms with E-state index in [4.69, 9.17) is 0 Å². The largest absolute Gasteiger partial charge is 0.392 e. The topological polar surface area (TPSA) is 90.0 Å². The van der Waals surface area contributed by atoms with E-state index in [1.165, 1.54) is 0 Å². The van der Waals surface area contributed by atoms with Gasteiger partial charge >= 0.3 is 0 Å². The molecule has 0 aliphatic carbocycles. The fraction of sp³-hybridized carbons (Fsp3) is 0.692. The number of carbonyl (C=O) groups is 1. The molecule has 1 aliphatic rings. The summed E-state index contributed by atoms with van der Waals surface area (Å²) in [4.78, 5) is 11.9. The Morgan fingerprint density at radius 1 is 1.58 bits per heavy atom. The van der Waals surface area contributed by atoms with Crippen molar-refractivity contribution in [2.75, 3.05) is 11.9 Å². The van der Waals surface area contributed by atoms with E-state index >= 15 is 0 Å². The van der Waals surface area contributed by atoms with Gasteiger partial charge in [0.05, 0.1) is 12.1 Å². The summed E-state index contributed by atoms with van der Waals surface area (Å²) in [5.74, 6) is 0.387. The number of aliphatic hydroxyl groups is 1. The maximum absolute atomic E-state index is 11.9. The average Bonchev–Trinajstić information content (AvgIpc) is 2.85. The number of hydrogen-bond acceptors (Lipinski definition) is 4. The minimum Gasteiger partial charge on any atom is -0.392 e. The molecule has 0 saturated carbocycles. The molecule has 2 atom stereocenters. The highest BCUT2D eigenvalue weighted by atomic mass is 16.3. The Kier molecular flexibility index (Phi) is 3.91. The number of nitrogens with zero attached hydrogens (tertiary/aromatic N) is 1. The average molecular weight is 266 g/mol. The van der Waals surface area contributed by atoms with Crippen molar-refractivity contribution in [3.05, 3.63) is 11.8 Å². The fourth-order valence-electron chi connectivity index (χ4n) is 2.22. The minimum atomic E-state index is -0.439. The summed E-state index contributed by atoms with van der Waals surface area (Å²) in [6, 6.07) is 1.52. The number of aromatic nitrogens is 2. The van der Waals surface area contributed by atoms with Gasteiger partial charge in [0, 0.05) is 18.3 Å². The van der Waals surface area contributed by atoms with E-state index < -0.39 is 6.10 Å². The molecule has 1 aromatic rings. The second-order valence-electron chi connectivity index (χ2n) is 6.36. The predicted molar refractivity (Wildman–Crippen MR) is 72.8 cm³/mol. The maximum Gasteiger partial charge on any atom is 0.242 e. The third-order valence-corrected chi connectivity index (χ3v) is 3.03. The van der Waals surface area contributed by atoms with Gasteiger partial charge in [0.2, 0.25) is 5.91 Å². The normalized spacial score (nSPS) is 23.6. The minimum absolute atomic E-state index is 0.148. The highest BCUT2D eigenvalue weighted by Gasteiger charge is 2.28. The first-order chi connectivity index (χ1) is 8.83. The second-order valence-corrected chi connectivity index (χ2v) is 6.36. The van der Waals surface area contributed by atoms with E-state index in [0.717, 1.165) is 12.1 Å².